The van der Waals surface area contributed by atoms with E-state index in [1.807, 2.05) is 19.1 Å². The number of hydrogen-bond acceptors (Lipinski definition) is 3. The number of hydrogen-bond donors (Lipinski definition) is 2. The van der Waals surface area contributed by atoms with E-state index in [2.05, 4.69) is 10.3 Å². The van der Waals surface area contributed by atoms with Crippen LogP contribution in [0.4, 0.5) is 4.79 Å². The van der Waals surface area contributed by atoms with Crippen molar-refractivity contribution in [2.75, 3.05) is 13.1 Å². The zero-order valence-corrected chi connectivity index (χ0v) is 12.0. The third kappa shape index (κ3) is 2.49. The van der Waals surface area contributed by atoms with E-state index in [4.69, 9.17) is 5.73 Å². The normalized spacial score (nSPS) is 17.1. The van der Waals surface area contributed by atoms with Crippen molar-refractivity contribution in [2.45, 2.75) is 26.2 Å². The van der Waals surface area contributed by atoms with Gasteiger partial charge in [0.25, 0.3) is 0 Å². The highest BCUT2D eigenvalue weighted by molar-refractivity contribution is 6.05. The molecule has 0 atom stereocenters. The average molecular weight is 286 g/mol. The number of pyridine rings is 1. The first-order valence-corrected chi connectivity index (χ1v) is 7.12. The third-order valence-electron chi connectivity index (χ3n) is 3.95. The Morgan fingerprint density at radius 1 is 1.29 bits per heavy atom. The largest absolute Gasteiger partial charge is 0.366 e. The van der Waals surface area contributed by atoms with Gasteiger partial charge in [0.15, 0.2) is 0 Å². The van der Waals surface area contributed by atoms with Crippen LogP contribution in [-0.2, 0) is 11.2 Å². The maximum atomic E-state index is 12.3. The lowest BCUT2D eigenvalue weighted by Crippen LogP contribution is -2.37. The summed E-state index contributed by atoms with van der Waals surface area (Å²) in [5, 5.41) is 2.85. The Kier molecular flexibility index (Phi) is 3.37. The Morgan fingerprint density at radius 3 is 2.67 bits per heavy atom. The van der Waals surface area contributed by atoms with Crippen LogP contribution in [0.3, 0.4) is 0 Å². The van der Waals surface area contributed by atoms with Crippen LogP contribution < -0.4 is 11.1 Å². The first-order chi connectivity index (χ1) is 10.1. The minimum atomic E-state index is -0.512. The van der Waals surface area contributed by atoms with Crippen molar-refractivity contribution < 1.29 is 9.59 Å². The van der Waals surface area contributed by atoms with E-state index in [0.717, 1.165) is 42.9 Å². The molecule has 1 aromatic heterocycles. The Morgan fingerprint density at radius 2 is 2.00 bits per heavy atom. The summed E-state index contributed by atoms with van der Waals surface area (Å²) in [4.78, 5) is 30.1. The number of rotatable bonds is 2. The van der Waals surface area contributed by atoms with Gasteiger partial charge in [-0.3, -0.25) is 9.78 Å². The summed E-state index contributed by atoms with van der Waals surface area (Å²) in [6.45, 7) is 3.40. The van der Waals surface area contributed by atoms with Gasteiger partial charge in [0.1, 0.15) is 0 Å². The highest BCUT2D eigenvalue weighted by Crippen LogP contribution is 2.30. The van der Waals surface area contributed by atoms with Crippen molar-refractivity contribution in [1.29, 1.82) is 0 Å². The molecular weight excluding hydrogens is 268 g/mol. The van der Waals surface area contributed by atoms with Gasteiger partial charge in [-0.25, -0.2) is 4.79 Å². The Labute approximate surface area is 123 Å². The van der Waals surface area contributed by atoms with Gasteiger partial charge in [0.2, 0.25) is 5.91 Å². The molecule has 0 unspecified atom stereocenters. The summed E-state index contributed by atoms with van der Waals surface area (Å²) in [6, 6.07) is 3.58. The zero-order chi connectivity index (χ0) is 15.0. The molecule has 1 aliphatic heterocycles. The number of aromatic nitrogens is 1. The van der Waals surface area contributed by atoms with Crippen molar-refractivity contribution in [3.63, 3.8) is 0 Å². The Bertz CT molecular complexity index is 645. The van der Waals surface area contributed by atoms with Gasteiger partial charge < -0.3 is 16.0 Å². The smallest absolute Gasteiger partial charge is 0.321 e. The van der Waals surface area contributed by atoms with E-state index in [1.165, 1.54) is 0 Å². The summed E-state index contributed by atoms with van der Waals surface area (Å²) in [6.07, 6.45) is 2.42. The molecule has 1 fully saturated rings. The lowest BCUT2D eigenvalue weighted by Gasteiger charge is -2.17. The fourth-order valence-corrected chi connectivity index (χ4v) is 2.85. The number of aryl methyl sites for hydroxylation is 1. The van der Waals surface area contributed by atoms with E-state index in [0.29, 0.717) is 17.7 Å². The molecule has 3 N–H and O–H groups in total. The van der Waals surface area contributed by atoms with Crippen LogP contribution in [0, 0.1) is 6.92 Å². The number of nitrogens with zero attached hydrogens (tertiary/aromatic N) is 2. The molecule has 6 heteroatoms. The summed E-state index contributed by atoms with van der Waals surface area (Å²) >= 11 is 0. The second kappa shape index (κ2) is 5.20. The van der Waals surface area contributed by atoms with Gasteiger partial charge in [-0.05, 0) is 31.9 Å². The van der Waals surface area contributed by atoms with Crippen LogP contribution in [0.25, 0.3) is 5.70 Å². The van der Waals surface area contributed by atoms with Crippen molar-refractivity contribution in [3.8, 4) is 0 Å². The highest BCUT2D eigenvalue weighted by Gasteiger charge is 2.29. The number of likely N-dealkylation sites (tertiary alicyclic amines) is 1. The molecule has 110 valence electrons. The molecule has 2 heterocycles. The summed E-state index contributed by atoms with van der Waals surface area (Å²) in [5.74, 6) is -0.512. The predicted molar refractivity (Wildman–Crippen MR) is 78.1 cm³/mol. The van der Waals surface area contributed by atoms with Crippen LogP contribution in [0.5, 0.6) is 0 Å². The summed E-state index contributed by atoms with van der Waals surface area (Å²) in [7, 11) is 0. The first-order valence-electron chi connectivity index (χ1n) is 7.12. The zero-order valence-electron chi connectivity index (χ0n) is 12.0. The van der Waals surface area contributed by atoms with Crippen molar-refractivity contribution in [3.05, 3.63) is 34.7 Å². The molecule has 1 saturated heterocycles. The molecule has 6 nitrogen and oxygen atoms in total. The molecule has 3 amide bonds. The summed E-state index contributed by atoms with van der Waals surface area (Å²) < 4.78 is 0. The molecule has 0 spiro atoms. The van der Waals surface area contributed by atoms with Crippen molar-refractivity contribution in [2.24, 2.45) is 5.73 Å². The number of fused-ring (bicyclic) bond motifs is 1. The van der Waals surface area contributed by atoms with Gasteiger partial charge in [0.05, 0.1) is 11.4 Å². The molecule has 1 aliphatic carbocycles. The lowest BCUT2D eigenvalue weighted by molar-refractivity contribution is -0.114. The van der Waals surface area contributed by atoms with Crippen LogP contribution in [0.1, 0.15) is 29.8 Å². The van der Waals surface area contributed by atoms with Crippen LogP contribution in [0.2, 0.25) is 0 Å². The van der Waals surface area contributed by atoms with Crippen LogP contribution in [0.15, 0.2) is 17.7 Å². The second-order valence-corrected chi connectivity index (χ2v) is 5.47. The van der Waals surface area contributed by atoms with Crippen molar-refractivity contribution >= 4 is 17.6 Å². The van der Waals surface area contributed by atoms with E-state index in [9.17, 15) is 9.59 Å². The standard InChI is InChI=1S/C15H18N4O2/c1-9-4-5-10-12(17-9)8-11(14(16)20)13(10)18-15(21)19-6-2-3-7-19/h4-5H,2-3,6-8H2,1H3,(H2,16,20)(H,18,21). The molecule has 3 rings (SSSR count). The van der Waals surface area contributed by atoms with Gasteiger partial charge in [-0.15, -0.1) is 0 Å². The lowest BCUT2D eigenvalue weighted by atomic mass is 10.2. The molecule has 1 aromatic rings. The van der Waals surface area contributed by atoms with Gasteiger partial charge >= 0.3 is 6.03 Å². The van der Waals surface area contributed by atoms with Gasteiger partial charge in [-0.2, -0.15) is 0 Å². The molecule has 21 heavy (non-hydrogen) atoms. The quantitative estimate of drug-likeness (QED) is 0.848. The predicted octanol–water partition coefficient (Wildman–Crippen LogP) is 0.948. The molecular formula is C15H18N4O2. The van der Waals surface area contributed by atoms with Crippen LogP contribution >= 0.6 is 0 Å². The number of urea groups is 1. The minimum Gasteiger partial charge on any atom is -0.366 e. The van der Waals surface area contributed by atoms with E-state index in [-0.39, 0.29) is 6.03 Å². The first kappa shape index (κ1) is 13.6. The van der Waals surface area contributed by atoms with Crippen molar-refractivity contribution in [1.82, 2.24) is 15.2 Å². The second-order valence-electron chi connectivity index (χ2n) is 5.47. The van der Waals surface area contributed by atoms with Gasteiger partial charge in [-0.1, -0.05) is 0 Å². The highest BCUT2D eigenvalue weighted by atomic mass is 16.2. The Hall–Kier alpha value is -2.37. The number of nitrogens with one attached hydrogen (secondary N) is 1. The van der Waals surface area contributed by atoms with E-state index >= 15 is 0 Å². The molecule has 0 radical (unpaired) electrons. The minimum absolute atomic E-state index is 0.172. The SMILES string of the molecule is Cc1ccc2c(n1)CC(C(N)=O)=C2NC(=O)N1CCCC1. The van der Waals surface area contributed by atoms with E-state index in [1.54, 1.807) is 4.90 Å². The monoisotopic (exact) mass is 286 g/mol. The fraction of sp³-hybridized carbons (Fsp3) is 0.400. The number of nitrogens with two attached hydrogens (primary N) is 1. The van der Waals surface area contributed by atoms with Gasteiger partial charge in [0, 0.05) is 36.3 Å². The molecule has 0 bridgehead atoms. The molecule has 0 saturated carbocycles. The molecule has 0 aromatic carbocycles. The van der Waals surface area contributed by atoms with E-state index < -0.39 is 5.91 Å². The summed E-state index contributed by atoms with van der Waals surface area (Å²) in [5.41, 5.74) is 8.85. The number of primary amides is 1. The molecule has 2 aliphatic rings. The topological polar surface area (TPSA) is 88.3 Å². The third-order valence-corrected chi connectivity index (χ3v) is 3.95. The number of carbonyl (C=O) groups is 2. The van der Waals surface area contributed by atoms with Crippen LogP contribution in [-0.4, -0.2) is 34.9 Å². The number of carbonyl (C=O) groups excluding carboxylic acids is 2. The maximum absolute atomic E-state index is 12.3. The Balaban J connectivity index is 1.91. The maximum Gasteiger partial charge on any atom is 0.321 e. The number of amides is 3. The fourth-order valence-electron chi connectivity index (χ4n) is 2.85. The average Bonchev–Trinajstić information content (AvgIpc) is 3.06.